The summed E-state index contributed by atoms with van der Waals surface area (Å²) in [5.74, 6) is -1.84. The maximum atomic E-state index is 13.5. The molecule has 442 valence electrons. The molecule has 20 nitrogen and oxygen atoms in total. The number of nitrogens with zero attached hydrogens (tertiary/aromatic N) is 2. The molecule has 4 aliphatic heterocycles. The zero-order valence-corrected chi connectivity index (χ0v) is 49.1. The Bertz CT molecular complexity index is 3040. The maximum absolute atomic E-state index is 13.5. The molecule has 4 atom stereocenters. The lowest BCUT2D eigenvalue weighted by Crippen LogP contribution is -2.42. The summed E-state index contributed by atoms with van der Waals surface area (Å²) in [5, 5.41) is 1.13. The quantitative estimate of drug-likeness (QED) is 0.0396. The van der Waals surface area contributed by atoms with Crippen LogP contribution in [0.2, 0.25) is 10.0 Å². The molecule has 0 radical (unpaired) electrons. The van der Waals surface area contributed by atoms with Crippen molar-refractivity contribution in [1.29, 1.82) is 0 Å². The Labute approximate surface area is 483 Å². The Morgan fingerprint density at radius 3 is 1.30 bits per heavy atom. The zero-order valence-electron chi connectivity index (χ0n) is 46.0. The van der Waals surface area contributed by atoms with E-state index in [4.69, 9.17) is 51.6 Å². The number of halogens is 2. The number of quaternary nitrogens is 2. The Hall–Kier alpha value is -5.92. The van der Waals surface area contributed by atoms with Crippen LogP contribution in [0.15, 0.2) is 120 Å². The molecule has 4 aliphatic rings. The van der Waals surface area contributed by atoms with Crippen LogP contribution < -0.4 is 21.8 Å². The van der Waals surface area contributed by atoms with Crippen molar-refractivity contribution in [3.63, 3.8) is 0 Å². The predicted molar refractivity (Wildman–Crippen MR) is 303 cm³/mol. The summed E-state index contributed by atoms with van der Waals surface area (Å²) in [6.07, 6.45) is 4.59. The van der Waals surface area contributed by atoms with Crippen LogP contribution in [0.4, 0.5) is 0 Å². The topological polar surface area (TPSA) is 318 Å². The number of hydrogen-bond acceptors (Lipinski definition) is 16. The van der Waals surface area contributed by atoms with Crippen LogP contribution in [0.25, 0.3) is 0 Å². The van der Waals surface area contributed by atoms with E-state index >= 15 is 0 Å². The number of carbonyl (C=O) groups is 4. The molecule has 24 heteroatoms. The van der Waals surface area contributed by atoms with Crippen LogP contribution in [0.3, 0.4) is 0 Å². The molecule has 0 bridgehead atoms. The predicted octanol–water partition coefficient (Wildman–Crippen LogP) is 9.48. The van der Waals surface area contributed by atoms with Gasteiger partial charge in [-0.25, -0.2) is 26.4 Å². The highest BCUT2D eigenvalue weighted by Gasteiger charge is 2.40. The lowest BCUT2D eigenvalue weighted by Gasteiger charge is -2.35. The first-order chi connectivity index (χ1) is 37.7. The van der Waals surface area contributed by atoms with Crippen molar-refractivity contribution in [3.05, 3.63) is 152 Å². The number of benzene rings is 4. The summed E-state index contributed by atoms with van der Waals surface area (Å²) >= 11 is 12.1. The van der Waals surface area contributed by atoms with E-state index in [9.17, 15) is 45.1 Å². The molecule has 2 fully saturated rings. The van der Waals surface area contributed by atoms with Gasteiger partial charge in [0.15, 0.2) is 0 Å². The van der Waals surface area contributed by atoms with Gasteiger partial charge in [0.2, 0.25) is 11.8 Å². The van der Waals surface area contributed by atoms with Crippen molar-refractivity contribution in [2.45, 2.75) is 109 Å². The average Bonchev–Trinajstić information content (AvgIpc) is 4.27. The number of hydrogen-bond donors (Lipinski definition) is 2. The van der Waals surface area contributed by atoms with Crippen LogP contribution in [0.5, 0.6) is 11.5 Å². The van der Waals surface area contributed by atoms with E-state index in [2.05, 4.69) is 0 Å². The van der Waals surface area contributed by atoms with Crippen molar-refractivity contribution in [2.24, 2.45) is 0 Å². The van der Waals surface area contributed by atoms with Crippen molar-refractivity contribution in [3.8, 4) is 11.5 Å². The number of unbranched alkanes of at least 4 members (excludes halogenated alkanes) is 1. The number of allylic oxidation sites excluding steroid dienone is 2. The molecular formula is C57H72Cl2N4O16S2. The van der Waals surface area contributed by atoms with Gasteiger partial charge in [-0.2, -0.15) is 0 Å². The van der Waals surface area contributed by atoms with Crippen LogP contribution in [-0.2, 0) is 71.6 Å². The third-order valence-electron chi connectivity index (χ3n) is 13.9. The van der Waals surface area contributed by atoms with E-state index in [0.717, 1.165) is 47.9 Å². The Kier molecular flexibility index (Phi) is 25.2. The van der Waals surface area contributed by atoms with Crippen molar-refractivity contribution < 1.29 is 73.5 Å². The Morgan fingerprint density at radius 1 is 0.568 bits per heavy atom. The molecular weight excluding hydrogens is 1130 g/mol. The molecule has 0 aromatic heterocycles. The SMILES string of the molecule is CC1=C(C(=O)OCc2ccc(OCCCCS(=O)(=O)[O-])cc2)[C@H](c2ccc(Cl)cc2)CC(=O)N1C[C@H]1CCCO1.CC1=C(C(=O)OCc2ccc(OCCCS(=O)(=O)[O-])cc2)[C@H](c2ccc(Cl)cc2)CC(=O)N1C[C@H]1CCCO1.[NH4+].[NH4+]. The van der Waals surface area contributed by atoms with Gasteiger partial charge in [0.25, 0.3) is 0 Å². The molecule has 2 amide bonds. The normalized spacial score (nSPS) is 19.3. The molecule has 8 N–H and O–H groups in total. The minimum Gasteiger partial charge on any atom is -0.748 e. The summed E-state index contributed by atoms with van der Waals surface area (Å²) < 4.78 is 98.0. The van der Waals surface area contributed by atoms with Crippen molar-refractivity contribution in [2.75, 3.05) is 51.0 Å². The molecule has 0 unspecified atom stereocenters. The van der Waals surface area contributed by atoms with E-state index in [1.807, 2.05) is 24.3 Å². The number of ether oxygens (including phenoxy) is 6. The van der Waals surface area contributed by atoms with E-state index < -0.39 is 55.5 Å². The van der Waals surface area contributed by atoms with Crippen molar-refractivity contribution in [1.82, 2.24) is 22.1 Å². The molecule has 8 rings (SSSR count). The van der Waals surface area contributed by atoms with E-state index in [1.165, 1.54) is 0 Å². The van der Waals surface area contributed by atoms with E-state index in [0.29, 0.717) is 76.8 Å². The minimum atomic E-state index is -4.27. The van der Waals surface area contributed by atoms with Gasteiger partial charge >= 0.3 is 11.9 Å². The fourth-order valence-electron chi connectivity index (χ4n) is 9.76. The monoisotopic (exact) mass is 1200 g/mol. The smallest absolute Gasteiger partial charge is 0.336 e. The molecule has 81 heavy (non-hydrogen) atoms. The highest BCUT2D eigenvalue weighted by atomic mass is 35.5. The fourth-order valence-corrected chi connectivity index (χ4v) is 11.0. The molecule has 0 spiro atoms. The second-order valence-corrected chi connectivity index (χ2v) is 23.5. The highest BCUT2D eigenvalue weighted by molar-refractivity contribution is 7.85. The second-order valence-electron chi connectivity index (χ2n) is 19.6. The van der Waals surface area contributed by atoms with Crippen LogP contribution in [0, 0.1) is 0 Å². The van der Waals surface area contributed by atoms with Gasteiger partial charge in [0.05, 0.1) is 69.9 Å². The highest BCUT2D eigenvalue weighted by Crippen LogP contribution is 2.40. The molecule has 0 aliphatic carbocycles. The van der Waals surface area contributed by atoms with Crippen LogP contribution in [-0.4, -0.2) is 123 Å². The van der Waals surface area contributed by atoms with Gasteiger partial charge in [-0.1, -0.05) is 71.7 Å². The van der Waals surface area contributed by atoms with Gasteiger partial charge in [0.1, 0.15) is 24.7 Å². The summed E-state index contributed by atoms with van der Waals surface area (Å²) in [6.45, 7) is 6.12. The largest absolute Gasteiger partial charge is 0.748 e. The van der Waals surface area contributed by atoms with Gasteiger partial charge < -0.3 is 59.6 Å². The number of esters is 2. The first-order valence-electron chi connectivity index (χ1n) is 26.1. The summed E-state index contributed by atoms with van der Waals surface area (Å²) in [5.41, 5.74) is 5.12. The van der Waals surface area contributed by atoms with E-state index in [1.54, 1.807) is 96.4 Å². The van der Waals surface area contributed by atoms with E-state index in [-0.39, 0.29) is 88.4 Å². The first-order valence-corrected chi connectivity index (χ1v) is 30.0. The second kappa shape index (κ2) is 30.9. The van der Waals surface area contributed by atoms with Crippen molar-refractivity contribution >= 4 is 67.2 Å². The van der Waals surface area contributed by atoms with Gasteiger partial charge in [-0.3, -0.25) is 9.59 Å². The fraction of sp³-hybridized carbons (Fsp3) is 0.439. The maximum Gasteiger partial charge on any atom is 0.336 e. The molecule has 4 aromatic rings. The van der Waals surface area contributed by atoms with Gasteiger partial charge in [-0.05, 0) is 130 Å². The summed E-state index contributed by atoms with van der Waals surface area (Å²) in [7, 11) is -8.48. The molecule has 2 saturated heterocycles. The summed E-state index contributed by atoms with van der Waals surface area (Å²) in [4.78, 5) is 56.6. The van der Waals surface area contributed by atoms with Gasteiger partial charge in [0, 0.05) is 70.8 Å². The Balaban J connectivity index is 0.000000290. The molecule has 4 aromatic carbocycles. The van der Waals surface area contributed by atoms with Gasteiger partial charge in [-0.15, -0.1) is 0 Å². The Morgan fingerprint density at radius 2 is 0.938 bits per heavy atom. The standard InChI is InChI=1S/C29H34ClNO8S.C28H32ClNO8S.2H3N/c1-20-28(29(33)39-19-21-6-12-24(13-7-21)37-14-2-3-16-40(34,35)36)26(22-8-10-23(30)11-9-22)17-27(32)31(20)18-25-5-4-15-38-25;1-19-27(28(32)38-18-20-5-11-23(12-6-20)36-14-3-15-39(33,34)35)25(21-7-9-22(29)10-8-21)16-26(31)30(19)17-24-4-2-13-37-24;;/h6-13,25-26H,2-5,14-19H2,1H3,(H,34,35,36);5-12,24-25H,2-4,13-18H2,1H3,(H,33,34,35);2*1H3/t25-,26+;24-,25+;;/m11../s1. The first kappa shape index (κ1) is 65.9. The number of amides is 2. The number of rotatable bonds is 23. The third-order valence-corrected chi connectivity index (χ3v) is 16.0. The molecule has 0 saturated carbocycles. The average molecular weight is 1200 g/mol. The molecule has 4 heterocycles. The lowest BCUT2D eigenvalue weighted by molar-refractivity contribution is -0.143. The summed E-state index contributed by atoms with van der Waals surface area (Å²) in [6, 6.07) is 28.1. The third kappa shape index (κ3) is 19.9. The zero-order chi connectivity index (χ0) is 56.7. The lowest BCUT2D eigenvalue weighted by atomic mass is 9.83. The minimum absolute atomic E-state index is 0. The van der Waals surface area contributed by atoms with Crippen LogP contribution >= 0.6 is 23.2 Å². The van der Waals surface area contributed by atoms with Crippen LogP contribution in [0.1, 0.15) is 106 Å². The number of carbonyl (C=O) groups excluding carboxylic acids is 4.